The molecule has 7 nitrogen and oxygen atoms in total. The van der Waals surface area contributed by atoms with Gasteiger partial charge in [0.1, 0.15) is 23.6 Å². The highest BCUT2D eigenvalue weighted by Gasteiger charge is 2.49. The van der Waals surface area contributed by atoms with Gasteiger partial charge in [0.05, 0.1) is 6.54 Å². The van der Waals surface area contributed by atoms with E-state index in [-0.39, 0.29) is 19.0 Å². The number of carbonyl (C=O) groups is 3. The summed E-state index contributed by atoms with van der Waals surface area (Å²) in [5.41, 5.74) is 2.93. The van der Waals surface area contributed by atoms with E-state index in [4.69, 9.17) is 16.0 Å². The minimum Gasteiger partial charge on any atom is -0.459 e. The molecule has 0 saturated carbocycles. The number of benzene rings is 2. The van der Waals surface area contributed by atoms with Crippen LogP contribution in [0.3, 0.4) is 0 Å². The second-order valence-electron chi connectivity index (χ2n) is 9.31. The van der Waals surface area contributed by atoms with Gasteiger partial charge >= 0.3 is 6.03 Å². The molecule has 1 N–H and O–H groups in total. The lowest BCUT2D eigenvalue weighted by atomic mass is 9.89. The first kappa shape index (κ1) is 23.2. The summed E-state index contributed by atoms with van der Waals surface area (Å²) in [5.74, 6) is 0.462. The Morgan fingerprint density at radius 3 is 2.60 bits per heavy atom. The maximum Gasteiger partial charge on any atom is 0.325 e. The summed E-state index contributed by atoms with van der Waals surface area (Å²) < 4.78 is 5.87. The van der Waals surface area contributed by atoms with E-state index in [2.05, 4.69) is 5.32 Å². The molecule has 1 aromatic heterocycles. The normalized spacial score (nSPS) is 19.1. The average molecular weight is 492 g/mol. The van der Waals surface area contributed by atoms with Gasteiger partial charge < -0.3 is 14.6 Å². The van der Waals surface area contributed by atoms with Crippen LogP contribution >= 0.6 is 11.6 Å². The number of rotatable bonds is 6. The number of hydrogen-bond donors (Lipinski definition) is 1. The van der Waals surface area contributed by atoms with Gasteiger partial charge in [-0.15, -0.1) is 0 Å². The van der Waals surface area contributed by atoms with Crippen LogP contribution < -0.4 is 5.32 Å². The van der Waals surface area contributed by atoms with Crippen molar-refractivity contribution in [2.75, 3.05) is 13.6 Å². The van der Waals surface area contributed by atoms with Crippen LogP contribution in [0.25, 0.3) is 11.3 Å². The predicted octanol–water partition coefficient (Wildman–Crippen LogP) is 4.51. The SMILES string of the molecule is CN(Cc1ccc(-c2ccc(Cl)cc2)o1)C(=O)CN1C(=O)NC(C)(c2ccc3c(c2)CCC3)C1=O. The number of nitrogens with zero attached hydrogens (tertiary/aromatic N) is 2. The van der Waals surface area contributed by atoms with E-state index in [1.165, 1.54) is 16.0 Å². The smallest absolute Gasteiger partial charge is 0.325 e. The fourth-order valence-electron chi connectivity index (χ4n) is 4.73. The van der Waals surface area contributed by atoms with Crippen LogP contribution in [0, 0.1) is 0 Å². The Morgan fingerprint density at radius 1 is 1.09 bits per heavy atom. The van der Waals surface area contributed by atoms with Crippen molar-refractivity contribution in [2.45, 2.75) is 38.3 Å². The van der Waals surface area contributed by atoms with Crippen LogP contribution in [-0.4, -0.2) is 41.2 Å². The third-order valence-corrected chi connectivity index (χ3v) is 7.11. The topological polar surface area (TPSA) is 82.9 Å². The summed E-state index contributed by atoms with van der Waals surface area (Å²) in [4.78, 5) is 41.3. The zero-order valence-electron chi connectivity index (χ0n) is 19.6. The molecule has 0 bridgehead atoms. The number of furan rings is 1. The van der Waals surface area contributed by atoms with Gasteiger partial charge in [-0.2, -0.15) is 0 Å². The monoisotopic (exact) mass is 491 g/mol. The molecule has 2 aromatic carbocycles. The molecule has 2 heterocycles. The van der Waals surface area contributed by atoms with Gasteiger partial charge in [-0.3, -0.25) is 14.5 Å². The number of urea groups is 1. The maximum atomic E-state index is 13.3. The van der Waals surface area contributed by atoms with E-state index in [0.717, 1.165) is 35.3 Å². The number of aryl methyl sites for hydroxylation is 2. The minimum atomic E-state index is -1.19. The fraction of sp³-hybridized carbons (Fsp3) is 0.296. The molecule has 1 atom stereocenters. The van der Waals surface area contributed by atoms with Gasteiger partial charge in [-0.05, 0) is 79.3 Å². The van der Waals surface area contributed by atoms with Crippen LogP contribution in [0.4, 0.5) is 4.79 Å². The predicted molar refractivity (Wildman–Crippen MR) is 132 cm³/mol. The lowest BCUT2D eigenvalue weighted by Crippen LogP contribution is -2.43. The molecule has 0 spiro atoms. The number of fused-ring (bicyclic) bond motifs is 1. The number of nitrogens with one attached hydrogen (secondary N) is 1. The van der Waals surface area contributed by atoms with Crippen molar-refractivity contribution in [1.82, 2.24) is 15.1 Å². The highest BCUT2D eigenvalue weighted by molar-refractivity contribution is 6.30. The number of amides is 4. The minimum absolute atomic E-state index is 0.207. The molecule has 5 rings (SSSR count). The van der Waals surface area contributed by atoms with Crippen molar-refractivity contribution in [2.24, 2.45) is 0 Å². The average Bonchev–Trinajstić information content (AvgIpc) is 3.55. The Morgan fingerprint density at radius 2 is 1.83 bits per heavy atom. The number of halogens is 1. The van der Waals surface area contributed by atoms with Gasteiger partial charge in [0.2, 0.25) is 5.91 Å². The van der Waals surface area contributed by atoms with E-state index in [1.54, 1.807) is 32.2 Å². The van der Waals surface area contributed by atoms with Crippen LogP contribution in [0.15, 0.2) is 59.0 Å². The van der Waals surface area contributed by atoms with Crippen molar-refractivity contribution in [3.8, 4) is 11.3 Å². The lowest BCUT2D eigenvalue weighted by Gasteiger charge is -2.23. The third-order valence-electron chi connectivity index (χ3n) is 6.85. The van der Waals surface area contributed by atoms with Crippen molar-refractivity contribution >= 4 is 29.4 Å². The molecule has 3 aromatic rings. The Kier molecular flexibility index (Phi) is 5.89. The molecular weight excluding hydrogens is 466 g/mol. The Hall–Kier alpha value is -3.58. The van der Waals surface area contributed by atoms with Crippen LogP contribution in [0.5, 0.6) is 0 Å². The molecule has 4 amide bonds. The summed E-state index contributed by atoms with van der Waals surface area (Å²) in [6.45, 7) is 1.56. The van der Waals surface area contributed by atoms with Gasteiger partial charge in [0, 0.05) is 17.6 Å². The quantitative estimate of drug-likeness (QED) is 0.514. The highest BCUT2D eigenvalue weighted by atomic mass is 35.5. The zero-order chi connectivity index (χ0) is 24.7. The van der Waals surface area contributed by atoms with Gasteiger partial charge in [-0.25, -0.2) is 4.79 Å². The van der Waals surface area contributed by atoms with Crippen molar-refractivity contribution in [3.05, 3.63) is 82.1 Å². The first-order chi connectivity index (χ1) is 16.7. The number of hydrogen-bond acceptors (Lipinski definition) is 4. The molecule has 1 aliphatic heterocycles. The van der Waals surface area contributed by atoms with Crippen LogP contribution in [0.2, 0.25) is 5.02 Å². The lowest BCUT2D eigenvalue weighted by molar-refractivity contribution is -0.138. The van der Waals surface area contributed by atoms with E-state index in [0.29, 0.717) is 16.5 Å². The Labute approximate surface area is 208 Å². The molecule has 2 aliphatic rings. The summed E-state index contributed by atoms with van der Waals surface area (Å²) in [6.07, 6.45) is 3.11. The molecule has 1 unspecified atom stereocenters. The standard InChI is InChI=1S/C27H26ClN3O4/c1-27(20-9-6-17-4-3-5-19(17)14-20)25(33)31(26(34)29-27)16-24(32)30(2)15-22-12-13-23(35-22)18-7-10-21(28)11-8-18/h6-14H,3-5,15-16H2,1-2H3,(H,29,34). The van der Waals surface area contributed by atoms with Gasteiger partial charge in [-0.1, -0.05) is 29.8 Å². The molecule has 8 heteroatoms. The molecule has 180 valence electrons. The molecule has 0 radical (unpaired) electrons. The summed E-state index contributed by atoms with van der Waals surface area (Å²) >= 11 is 5.94. The summed E-state index contributed by atoms with van der Waals surface area (Å²) in [5, 5.41) is 3.43. The second kappa shape index (κ2) is 8.89. The van der Waals surface area contributed by atoms with Crippen molar-refractivity contribution in [1.29, 1.82) is 0 Å². The third kappa shape index (κ3) is 4.32. The first-order valence-electron chi connectivity index (χ1n) is 11.6. The second-order valence-corrected chi connectivity index (χ2v) is 9.74. The number of imide groups is 1. The molecule has 1 aliphatic carbocycles. The fourth-order valence-corrected chi connectivity index (χ4v) is 4.86. The molecular formula is C27H26ClN3O4. The van der Waals surface area contributed by atoms with Gasteiger partial charge in [0.15, 0.2) is 0 Å². The number of likely N-dealkylation sites (N-methyl/N-ethyl adjacent to an activating group) is 1. The van der Waals surface area contributed by atoms with Gasteiger partial charge in [0.25, 0.3) is 5.91 Å². The Balaban J connectivity index is 1.25. The van der Waals surface area contributed by atoms with E-state index < -0.39 is 17.5 Å². The highest BCUT2D eigenvalue weighted by Crippen LogP contribution is 2.32. The van der Waals surface area contributed by atoms with E-state index >= 15 is 0 Å². The van der Waals surface area contributed by atoms with Crippen LogP contribution in [0.1, 0.15) is 35.8 Å². The maximum absolute atomic E-state index is 13.3. The Bertz CT molecular complexity index is 1320. The van der Waals surface area contributed by atoms with E-state index in [9.17, 15) is 14.4 Å². The molecule has 1 saturated heterocycles. The van der Waals surface area contributed by atoms with E-state index in [1.807, 2.05) is 36.4 Å². The van der Waals surface area contributed by atoms with Crippen molar-refractivity contribution in [3.63, 3.8) is 0 Å². The molecule has 35 heavy (non-hydrogen) atoms. The zero-order valence-corrected chi connectivity index (χ0v) is 20.4. The summed E-state index contributed by atoms with van der Waals surface area (Å²) in [7, 11) is 1.62. The largest absolute Gasteiger partial charge is 0.459 e. The first-order valence-corrected chi connectivity index (χ1v) is 12.0. The van der Waals surface area contributed by atoms with Crippen LogP contribution in [-0.2, 0) is 34.5 Å². The van der Waals surface area contributed by atoms with Crippen molar-refractivity contribution < 1.29 is 18.8 Å². The molecule has 1 fully saturated rings. The number of carbonyl (C=O) groups excluding carboxylic acids is 3. The summed E-state index contributed by atoms with van der Waals surface area (Å²) in [6, 6.07) is 16.3.